The van der Waals surface area contributed by atoms with Crippen molar-refractivity contribution in [3.05, 3.63) is 0 Å². The van der Waals surface area contributed by atoms with Gasteiger partial charge in [-0.15, -0.1) is 0 Å². The van der Waals surface area contributed by atoms with Crippen LogP contribution < -0.4 is 0 Å². The summed E-state index contributed by atoms with van der Waals surface area (Å²) >= 11 is 0. The molecule has 2 atom stereocenters. The summed E-state index contributed by atoms with van der Waals surface area (Å²) in [5.41, 5.74) is -0.310. The van der Waals surface area contributed by atoms with Gasteiger partial charge in [-0.2, -0.15) is 0 Å². The highest BCUT2D eigenvalue weighted by Gasteiger charge is 2.45. The van der Waals surface area contributed by atoms with Crippen LogP contribution in [0.15, 0.2) is 0 Å². The molecule has 1 saturated heterocycles. The van der Waals surface area contributed by atoms with Gasteiger partial charge in [-0.25, -0.2) is 0 Å². The van der Waals surface area contributed by atoms with Crippen molar-refractivity contribution in [1.29, 1.82) is 0 Å². The van der Waals surface area contributed by atoms with Crippen LogP contribution in [0.4, 0.5) is 0 Å². The lowest BCUT2D eigenvalue weighted by atomic mass is 9.79. The Balaban J connectivity index is 2.06. The fourth-order valence-electron chi connectivity index (χ4n) is 3.10. The second-order valence-electron chi connectivity index (χ2n) is 5.86. The van der Waals surface area contributed by atoms with Gasteiger partial charge in [0.1, 0.15) is 5.60 Å². The van der Waals surface area contributed by atoms with Gasteiger partial charge >= 0.3 is 5.97 Å². The highest BCUT2D eigenvalue weighted by Crippen LogP contribution is 2.40. The molecule has 1 aliphatic heterocycles. The molecule has 1 saturated carbocycles. The summed E-state index contributed by atoms with van der Waals surface area (Å²) in [6, 6.07) is 0. The number of carbonyl (C=O) groups excluding carboxylic acids is 1. The molecule has 0 aromatic rings. The molecule has 2 fully saturated rings. The third-order valence-electron chi connectivity index (χ3n) is 4.53. The van der Waals surface area contributed by atoms with E-state index in [1.807, 2.05) is 13.8 Å². The van der Waals surface area contributed by atoms with Crippen LogP contribution in [-0.2, 0) is 14.3 Å². The van der Waals surface area contributed by atoms with Crippen LogP contribution >= 0.6 is 0 Å². The van der Waals surface area contributed by atoms with Crippen LogP contribution in [0.25, 0.3) is 0 Å². The first-order chi connectivity index (χ1) is 8.68. The van der Waals surface area contributed by atoms with Crippen molar-refractivity contribution in [3.63, 3.8) is 0 Å². The molecule has 0 N–H and O–H groups in total. The monoisotopic (exact) mass is 254 g/mol. The minimum absolute atomic E-state index is 0.00482. The van der Waals surface area contributed by atoms with Gasteiger partial charge in [-0.3, -0.25) is 4.79 Å². The first kappa shape index (κ1) is 13.9. The molecule has 1 heterocycles. The molecule has 3 nitrogen and oxygen atoms in total. The Labute approximate surface area is 110 Å². The molecule has 2 aliphatic rings. The van der Waals surface area contributed by atoms with E-state index in [-0.39, 0.29) is 23.6 Å². The summed E-state index contributed by atoms with van der Waals surface area (Å²) in [5.74, 6) is -0.0277. The fourth-order valence-corrected chi connectivity index (χ4v) is 3.10. The van der Waals surface area contributed by atoms with Crippen molar-refractivity contribution in [1.82, 2.24) is 0 Å². The van der Waals surface area contributed by atoms with Gasteiger partial charge in [-0.05, 0) is 44.9 Å². The maximum Gasteiger partial charge on any atom is 0.309 e. The lowest BCUT2D eigenvalue weighted by Crippen LogP contribution is -2.48. The Morgan fingerprint density at radius 3 is 2.61 bits per heavy atom. The Morgan fingerprint density at radius 2 is 2.06 bits per heavy atom. The highest BCUT2D eigenvalue weighted by atomic mass is 16.6. The number of esters is 1. The summed E-state index contributed by atoms with van der Waals surface area (Å²) in [6.45, 7) is 4.81. The molecule has 2 rings (SSSR count). The average Bonchev–Trinajstić information content (AvgIpc) is 2.93. The molecule has 0 aromatic carbocycles. The van der Waals surface area contributed by atoms with Crippen molar-refractivity contribution in [2.75, 3.05) is 6.61 Å². The Morgan fingerprint density at radius 1 is 1.33 bits per heavy atom. The van der Waals surface area contributed by atoms with Crippen molar-refractivity contribution in [2.45, 2.75) is 76.9 Å². The highest BCUT2D eigenvalue weighted by molar-refractivity contribution is 5.72. The van der Waals surface area contributed by atoms with Crippen molar-refractivity contribution >= 4 is 5.97 Å². The van der Waals surface area contributed by atoms with Gasteiger partial charge < -0.3 is 9.47 Å². The van der Waals surface area contributed by atoms with E-state index in [1.165, 1.54) is 6.42 Å². The summed E-state index contributed by atoms with van der Waals surface area (Å²) in [5, 5.41) is 0. The third kappa shape index (κ3) is 2.87. The van der Waals surface area contributed by atoms with Gasteiger partial charge in [-0.1, -0.05) is 20.3 Å². The zero-order valence-electron chi connectivity index (χ0n) is 11.7. The van der Waals surface area contributed by atoms with Gasteiger partial charge in [0, 0.05) is 6.61 Å². The first-order valence-corrected chi connectivity index (χ1v) is 7.52. The molecule has 104 valence electrons. The average molecular weight is 254 g/mol. The van der Waals surface area contributed by atoms with Gasteiger partial charge in [0.15, 0.2) is 0 Å². The van der Waals surface area contributed by atoms with Crippen molar-refractivity contribution in [2.24, 2.45) is 5.92 Å². The van der Waals surface area contributed by atoms with Crippen LogP contribution in [0.3, 0.4) is 0 Å². The largest absolute Gasteiger partial charge is 0.456 e. The second kappa shape index (κ2) is 6.05. The molecule has 1 aliphatic carbocycles. The Kier molecular flexibility index (Phi) is 4.66. The van der Waals surface area contributed by atoms with E-state index >= 15 is 0 Å². The summed E-state index contributed by atoms with van der Waals surface area (Å²) in [6.07, 6.45) is 8.70. The maximum absolute atomic E-state index is 12.1. The lowest BCUT2D eigenvalue weighted by Gasteiger charge is -2.41. The van der Waals surface area contributed by atoms with Crippen LogP contribution in [0, 0.1) is 5.92 Å². The summed E-state index contributed by atoms with van der Waals surface area (Å²) in [4.78, 5) is 12.1. The second-order valence-corrected chi connectivity index (χ2v) is 5.86. The molecule has 0 bridgehead atoms. The predicted octanol–water partition coefficient (Wildman–Crippen LogP) is 3.46. The topological polar surface area (TPSA) is 35.5 Å². The van der Waals surface area contributed by atoms with Gasteiger partial charge in [0.25, 0.3) is 0 Å². The smallest absolute Gasteiger partial charge is 0.309 e. The first-order valence-electron chi connectivity index (χ1n) is 7.52. The van der Waals surface area contributed by atoms with E-state index in [0.29, 0.717) is 0 Å². The molecular weight excluding hydrogens is 228 g/mol. The Bertz CT molecular complexity index is 275. The summed E-state index contributed by atoms with van der Waals surface area (Å²) in [7, 11) is 0. The zero-order valence-corrected chi connectivity index (χ0v) is 11.7. The minimum Gasteiger partial charge on any atom is -0.456 e. The van der Waals surface area contributed by atoms with Crippen molar-refractivity contribution < 1.29 is 14.3 Å². The van der Waals surface area contributed by atoms with E-state index in [1.54, 1.807) is 0 Å². The third-order valence-corrected chi connectivity index (χ3v) is 4.53. The minimum atomic E-state index is -0.310. The van der Waals surface area contributed by atoms with Gasteiger partial charge in [0.05, 0.1) is 12.0 Å². The maximum atomic E-state index is 12.1. The van der Waals surface area contributed by atoms with E-state index in [9.17, 15) is 4.79 Å². The number of rotatable bonds is 4. The van der Waals surface area contributed by atoms with E-state index in [2.05, 4.69) is 0 Å². The quantitative estimate of drug-likeness (QED) is 0.721. The van der Waals surface area contributed by atoms with Gasteiger partial charge in [0.2, 0.25) is 0 Å². The van der Waals surface area contributed by atoms with Crippen LogP contribution in [0.2, 0.25) is 0 Å². The van der Waals surface area contributed by atoms with E-state index in [4.69, 9.17) is 9.47 Å². The SMILES string of the molecule is CCC(C)C(=O)OC1(C2CCCO2)CCCCC1. The van der Waals surface area contributed by atoms with Crippen LogP contribution in [-0.4, -0.2) is 24.3 Å². The Hall–Kier alpha value is -0.570. The molecule has 0 amide bonds. The molecule has 2 unspecified atom stereocenters. The molecule has 3 heteroatoms. The molecule has 0 radical (unpaired) electrons. The van der Waals surface area contributed by atoms with Crippen molar-refractivity contribution in [3.8, 4) is 0 Å². The number of carbonyl (C=O) groups is 1. The fraction of sp³-hybridized carbons (Fsp3) is 0.933. The van der Waals surface area contributed by atoms with Crippen LogP contribution in [0.1, 0.15) is 65.2 Å². The molecule has 0 spiro atoms. The normalized spacial score (nSPS) is 28.9. The number of hydrogen-bond acceptors (Lipinski definition) is 3. The molecular formula is C15H26O3. The predicted molar refractivity (Wildman–Crippen MR) is 70.3 cm³/mol. The summed E-state index contributed by atoms with van der Waals surface area (Å²) < 4.78 is 11.8. The number of ether oxygens (including phenoxy) is 2. The number of hydrogen-bond donors (Lipinski definition) is 0. The lowest BCUT2D eigenvalue weighted by molar-refractivity contribution is -0.185. The molecule has 0 aromatic heterocycles. The van der Waals surface area contributed by atoms with E-state index < -0.39 is 0 Å². The zero-order chi connectivity index (χ0) is 13.0. The van der Waals surface area contributed by atoms with E-state index in [0.717, 1.165) is 51.6 Å². The van der Waals surface area contributed by atoms with Crippen LogP contribution in [0.5, 0.6) is 0 Å². The molecule has 18 heavy (non-hydrogen) atoms. The standard InChI is InChI=1S/C15H26O3/c1-3-12(2)14(16)18-15(9-5-4-6-10-15)13-8-7-11-17-13/h12-13H,3-11H2,1-2H3.